The van der Waals surface area contributed by atoms with Crippen molar-refractivity contribution in [1.82, 2.24) is 9.88 Å². The first-order valence-corrected chi connectivity index (χ1v) is 9.10. The molecular formula is C19H22FN3O4. The summed E-state index contributed by atoms with van der Waals surface area (Å²) in [5, 5.41) is 13.0. The molecule has 1 saturated carbocycles. The molecule has 0 amide bonds. The van der Waals surface area contributed by atoms with Crippen molar-refractivity contribution in [3.8, 4) is 5.88 Å². The van der Waals surface area contributed by atoms with Gasteiger partial charge in [-0.15, -0.1) is 0 Å². The standard InChI is InChI=1S/C19H22FN3O4/c1-10-9-12-13(16(15(10)20)22-7-5-21-6-8-22)17(24)14(19(25)26)18(27-2)23(12)11-3-4-11/h9,11,21H,3-8H2,1-2H3,(H,25,26). The molecule has 2 aliphatic rings. The summed E-state index contributed by atoms with van der Waals surface area (Å²) < 4.78 is 22.3. The number of piperazine rings is 1. The van der Waals surface area contributed by atoms with Gasteiger partial charge in [0.25, 0.3) is 0 Å². The van der Waals surface area contributed by atoms with E-state index in [0.29, 0.717) is 37.3 Å². The molecule has 7 nitrogen and oxygen atoms in total. The van der Waals surface area contributed by atoms with Gasteiger partial charge in [0.1, 0.15) is 5.82 Å². The lowest BCUT2D eigenvalue weighted by Crippen LogP contribution is -2.44. The molecule has 0 radical (unpaired) electrons. The third-order valence-corrected chi connectivity index (χ3v) is 5.30. The van der Waals surface area contributed by atoms with Crippen LogP contribution < -0.4 is 20.4 Å². The summed E-state index contributed by atoms with van der Waals surface area (Å²) in [6.07, 6.45) is 1.74. The van der Waals surface area contributed by atoms with Gasteiger partial charge in [-0.2, -0.15) is 0 Å². The molecule has 2 aromatic rings. The molecule has 144 valence electrons. The Balaban J connectivity index is 2.16. The summed E-state index contributed by atoms with van der Waals surface area (Å²) in [7, 11) is 1.36. The van der Waals surface area contributed by atoms with Crippen molar-refractivity contribution in [1.29, 1.82) is 0 Å². The summed E-state index contributed by atoms with van der Waals surface area (Å²) in [4.78, 5) is 26.9. The number of anilines is 1. The number of halogens is 1. The lowest BCUT2D eigenvalue weighted by molar-refractivity contribution is 0.0690. The molecule has 0 unspecified atom stereocenters. The highest BCUT2D eigenvalue weighted by Gasteiger charge is 2.34. The zero-order valence-corrected chi connectivity index (χ0v) is 15.3. The molecule has 0 bridgehead atoms. The quantitative estimate of drug-likeness (QED) is 0.849. The first kappa shape index (κ1) is 17.8. The van der Waals surface area contributed by atoms with Crippen LogP contribution in [0.4, 0.5) is 10.1 Å². The van der Waals surface area contributed by atoms with Gasteiger partial charge < -0.3 is 24.6 Å². The van der Waals surface area contributed by atoms with Crippen molar-refractivity contribution in [2.45, 2.75) is 25.8 Å². The number of carbonyl (C=O) groups is 1. The lowest BCUT2D eigenvalue weighted by atomic mass is 10.0. The zero-order chi connectivity index (χ0) is 19.3. The number of pyridine rings is 1. The van der Waals surface area contributed by atoms with Crippen molar-refractivity contribution < 1.29 is 19.0 Å². The highest BCUT2D eigenvalue weighted by Crippen LogP contribution is 2.43. The van der Waals surface area contributed by atoms with Crippen LogP contribution in [0.1, 0.15) is 34.8 Å². The van der Waals surface area contributed by atoms with Gasteiger partial charge in [-0.05, 0) is 31.4 Å². The molecule has 2 fully saturated rings. The highest BCUT2D eigenvalue weighted by molar-refractivity contribution is 6.01. The van der Waals surface area contributed by atoms with E-state index in [1.807, 2.05) is 4.90 Å². The van der Waals surface area contributed by atoms with Crippen molar-refractivity contribution >= 4 is 22.6 Å². The topological polar surface area (TPSA) is 83.8 Å². The van der Waals surface area contributed by atoms with E-state index in [2.05, 4.69) is 5.32 Å². The highest BCUT2D eigenvalue weighted by atomic mass is 19.1. The van der Waals surface area contributed by atoms with Crippen LogP contribution in [-0.2, 0) is 0 Å². The molecule has 1 aromatic carbocycles. The number of nitrogens with zero attached hydrogens (tertiary/aromatic N) is 2. The Kier molecular flexibility index (Phi) is 4.30. The van der Waals surface area contributed by atoms with E-state index in [4.69, 9.17) is 4.74 Å². The number of aromatic nitrogens is 1. The molecule has 2 N–H and O–H groups in total. The van der Waals surface area contributed by atoms with E-state index in [1.165, 1.54) is 7.11 Å². The van der Waals surface area contributed by atoms with Crippen LogP contribution in [0.25, 0.3) is 10.9 Å². The Morgan fingerprint density at radius 1 is 1.33 bits per heavy atom. The summed E-state index contributed by atoms with van der Waals surface area (Å²) in [5.41, 5.74) is 0.0398. The number of hydrogen-bond acceptors (Lipinski definition) is 5. The Hall–Kier alpha value is -2.61. The number of fused-ring (bicyclic) bond motifs is 1. The number of methoxy groups -OCH3 is 1. The maximum Gasteiger partial charge on any atom is 0.345 e. The van der Waals surface area contributed by atoms with E-state index in [0.717, 1.165) is 12.8 Å². The summed E-state index contributed by atoms with van der Waals surface area (Å²) in [5.74, 6) is -1.79. The molecule has 1 saturated heterocycles. The van der Waals surface area contributed by atoms with Crippen molar-refractivity contribution in [2.75, 3.05) is 38.2 Å². The third-order valence-electron chi connectivity index (χ3n) is 5.30. The molecule has 8 heteroatoms. The van der Waals surface area contributed by atoms with Gasteiger partial charge in [-0.3, -0.25) is 4.79 Å². The van der Waals surface area contributed by atoms with Gasteiger partial charge in [0, 0.05) is 32.2 Å². The Bertz CT molecular complexity index is 991. The van der Waals surface area contributed by atoms with Crippen LogP contribution in [0.15, 0.2) is 10.9 Å². The minimum atomic E-state index is -1.36. The normalized spacial score (nSPS) is 17.4. The van der Waals surface area contributed by atoms with Gasteiger partial charge in [0.2, 0.25) is 11.3 Å². The lowest BCUT2D eigenvalue weighted by Gasteiger charge is -2.31. The van der Waals surface area contributed by atoms with Crippen LogP contribution in [0.3, 0.4) is 0 Å². The first-order valence-electron chi connectivity index (χ1n) is 9.10. The maximum absolute atomic E-state index is 15.2. The average molecular weight is 375 g/mol. The minimum Gasteiger partial charge on any atom is -0.481 e. The Morgan fingerprint density at radius 2 is 2.00 bits per heavy atom. The van der Waals surface area contributed by atoms with E-state index in [1.54, 1.807) is 17.6 Å². The molecule has 0 spiro atoms. The van der Waals surface area contributed by atoms with E-state index in [-0.39, 0.29) is 23.0 Å². The number of benzene rings is 1. The van der Waals surface area contributed by atoms with Gasteiger partial charge in [0.05, 0.1) is 23.7 Å². The Morgan fingerprint density at radius 3 is 2.56 bits per heavy atom. The summed E-state index contributed by atoms with van der Waals surface area (Å²) >= 11 is 0. The van der Waals surface area contributed by atoms with Crippen molar-refractivity contribution in [2.24, 2.45) is 0 Å². The fourth-order valence-electron chi connectivity index (χ4n) is 3.89. The van der Waals surface area contributed by atoms with E-state index < -0.39 is 22.8 Å². The third kappa shape index (κ3) is 2.75. The van der Waals surface area contributed by atoms with Gasteiger partial charge in [-0.1, -0.05) is 0 Å². The summed E-state index contributed by atoms with van der Waals surface area (Å²) in [6, 6.07) is 1.69. The van der Waals surface area contributed by atoms with Crippen LogP contribution >= 0.6 is 0 Å². The molecule has 0 atom stereocenters. The largest absolute Gasteiger partial charge is 0.481 e. The number of aromatic carboxylic acids is 1. The number of carboxylic acid groups (broad SMARTS) is 1. The Labute approximate surface area is 155 Å². The number of carboxylic acids is 1. The second-order valence-corrected chi connectivity index (χ2v) is 7.11. The number of nitrogens with one attached hydrogen (secondary N) is 1. The molecular weight excluding hydrogens is 353 g/mol. The van der Waals surface area contributed by atoms with Crippen LogP contribution in [0.2, 0.25) is 0 Å². The van der Waals surface area contributed by atoms with Gasteiger partial charge >= 0.3 is 5.97 Å². The second-order valence-electron chi connectivity index (χ2n) is 7.11. The summed E-state index contributed by atoms with van der Waals surface area (Å²) in [6.45, 7) is 4.11. The molecule has 1 aromatic heterocycles. The fourth-order valence-corrected chi connectivity index (χ4v) is 3.89. The predicted octanol–water partition coefficient (Wildman–Crippen LogP) is 1.90. The van der Waals surface area contributed by atoms with E-state index >= 15 is 4.39 Å². The van der Waals surface area contributed by atoms with Crippen LogP contribution in [-0.4, -0.2) is 48.9 Å². The molecule has 1 aliphatic carbocycles. The molecule has 1 aliphatic heterocycles. The number of rotatable bonds is 4. The molecule has 2 heterocycles. The average Bonchev–Trinajstić information content (AvgIpc) is 3.48. The first-order chi connectivity index (χ1) is 13.0. The molecule has 27 heavy (non-hydrogen) atoms. The maximum atomic E-state index is 15.2. The van der Waals surface area contributed by atoms with Crippen molar-refractivity contribution in [3.63, 3.8) is 0 Å². The minimum absolute atomic E-state index is 0.0415. The van der Waals surface area contributed by atoms with Gasteiger partial charge in [-0.25, -0.2) is 9.18 Å². The number of aryl methyl sites for hydroxylation is 1. The number of hydrogen-bond donors (Lipinski definition) is 2. The van der Waals surface area contributed by atoms with Crippen LogP contribution in [0, 0.1) is 12.7 Å². The monoisotopic (exact) mass is 375 g/mol. The van der Waals surface area contributed by atoms with Crippen molar-refractivity contribution in [3.05, 3.63) is 33.2 Å². The number of ether oxygens (including phenoxy) is 1. The smallest absolute Gasteiger partial charge is 0.345 e. The molecule has 4 rings (SSSR count). The van der Waals surface area contributed by atoms with E-state index in [9.17, 15) is 14.7 Å². The zero-order valence-electron chi connectivity index (χ0n) is 15.3. The van der Waals surface area contributed by atoms with Crippen LogP contribution in [0.5, 0.6) is 5.88 Å². The SMILES string of the molecule is COc1c(C(=O)O)c(=O)c2c(N3CCNCC3)c(F)c(C)cc2n1C1CC1. The van der Waals surface area contributed by atoms with Gasteiger partial charge in [0.15, 0.2) is 5.56 Å². The predicted molar refractivity (Wildman–Crippen MR) is 99.8 cm³/mol. The second kappa shape index (κ2) is 6.53. The fraction of sp³-hybridized carbons (Fsp3) is 0.474.